The van der Waals surface area contributed by atoms with E-state index in [1.807, 2.05) is 0 Å². The topological polar surface area (TPSA) is 72.7 Å². The summed E-state index contributed by atoms with van der Waals surface area (Å²) >= 11 is 0. The van der Waals surface area contributed by atoms with Crippen molar-refractivity contribution in [2.45, 2.75) is 12.8 Å². The second kappa shape index (κ2) is 3.97. The lowest BCUT2D eigenvalue weighted by atomic mass is 10.2. The van der Waals surface area contributed by atoms with Gasteiger partial charge in [-0.25, -0.2) is 0 Å². The molecule has 1 aliphatic carbocycles. The Bertz CT molecular complexity index is 525. The fraction of sp³-hybridized carbons (Fsp3) is 0.417. The van der Waals surface area contributed by atoms with Crippen LogP contribution in [0, 0.1) is 16.0 Å². The molecule has 1 amide bonds. The van der Waals surface area contributed by atoms with Crippen LogP contribution in [0.1, 0.15) is 12.8 Å². The molecule has 0 saturated heterocycles. The highest BCUT2D eigenvalue weighted by atomic mass is 16.6. The molecule has 94 valence electrons. The number of rotatable bonds is 2. The van der Waals surface area contributed by atoms with E-state index in [1.165, 1.54) is 12.1 Å². The van der Waals surface area contributed by atoms with Gasteiger partial charge in [-0.3, -0.25) is 14.9 Å². The Kier molecular flexibility index (Phi) is 2.43. The van der Waals surface area contributed by atoms with Crippen molar-refractivity contribution in [2.24, 2.45) is 5.92 Å². The van der Waals surface area contributed by atoms with Gasteiger partial charge in [-0.05, 0) is 18.9 Å². The van der Waals surface area contributed by atoms with E-state index in [-0.39, 0.29) is 17.5 Å². The van der Waals surface area contributed by atoms with Crippen LogP contribution < -0.4 is 9.64 Å². The molecule has 1 fully saturated rings. The Morgan fingerprint density at radius 1 is 1.44 bits per heavy atom. The number of nitro benzene ring substituents is 1. The molecular weight excluding hydrogens is 236 g/mol. The Balaban J connectivity index is 1.99. The fourth-order valence-corrected chi connectivity index (χ4v) is 2.10. The zero-order chi connectivity index (χ0) is 12.7. The van der Waals surface area contributed by atoms with Crippen molar-refractivity contribution < 1.29 is 14.5 Å². The average Bonchev–Trinajstić information content (AvgIpc) is 3.20. The highest BCUT2D eigenvalue weighted by Gasteiger charge is 2.36. The largest absolute Gasteiger partial charge is 0.490 e. The minimum absolute atomic E-state index is 0.0205. The van der Waals surface area contributed by atoms with E-state index in [0.29, 0.717) is 24.6 Å². The minimum Gasteiger partial charge on any atom is -0.490 e. The molecule has 0 unspecified atom stereocenters. The van der Waals surface area contributed by atoms with Gasteiger partial charge >= 0.3 is 0 Å². The van der Waals surface area contributed by atoms with Crippen LogP contribution in [-0.4, -0.2) is 24.0 Å². The van der Waals surface area contributed by atoms with Crippen molar-refractivity contribution in [1.29, 1.82) is 0 Å². The lowest BCUT2D eigenvalue weighted by molar-refractivity contribution is -0.384. The molecule has 1 aromatic carbocycles. The summed E-state index contributed by atoms with van der Waals surface area (Å²) in [7, 11) is 0. The van der Waals surface area contributed by atoms with E-state index in [1.54, 1.807) is 11.0 Å². The molecule has 2 aliphatic rings. The maximum Gasteiger partial charge on any atom is 0.271 e. The molecule has 0 radical (unpaired) electrons. The summed E-state index contributed by atoms with van der Waals surface area (Å²) in [6.45, 7) is 0.896. The van der Waals surface area contributed by atoms with E-state index in [2.05, 4.69) is 0 Å². The first-order valence-corrected chi connectivity index (χ1v) is 5.89. The average molecular weight is 248 g/mol. The van der Waals surface area contributed by atoms with Gasteiger partial charge in [0.2, 0.25) is 5.91 Å². The molecule has 18 heavy (non-hydrogen) atoms. The van der Waals surface area contributed by atoms with Crippen molar-refractivity contribution in [3.8, 4) is 5.75 Å². The van der Waals surface area contributed by atoms with Crippen LogP contribution in [0.2, 0.25) is 0 Å². The third-order valence-electron chi connectivity index (χ3n) is 3.21. The number of anilines is 1. The summed E-state index contributed by atoms with van der Waals surface area (Å²) in [5, 5.41) is 10.8. The SMILES string of the molecule is O=C(C1CC1)N1CCOc2ccc([N+](=O)[O-])cc21. The first-order chi connectivity index (χ1) is 8.66. The minimum atomic E-state index is -0.464. The molecule has 0 spiro atoms. The van der Waals surface area contributed by atoms with Gasteiger partial charge in [0.05, 0.1) is 17.2 Å². The Morgan fingerprint density at radius 3 is 2.89 bits per heavy atom. The number of benzene rings is 1. The predicted octanol–water partition coefficient (Wildman–Crippen LogP) is 1.73. The maximum absolute atomic E-state index is 12.1. The van der Waals surface area contributed by atoms with Gasteiger partial charge in [-0.15, -0.1) is 0 Å². The molecule has 6 heteroatoms. The lowest BCUT2D eigenvalue weighted by Gasteiger charge is -2.29. The predicted molar refractivity (Wildman–Crippen MR) is 63.7 cm³/mol. The van der Waals surface area contributed by atoms with Gasteiger partial charge in [0.15, 0.2) is 0 Å². The van der Waals surface area contributed by atoms with Crippen molar-refractivity contribution in [2.75, 3.05) is 18.1 Å². The van der Waals surface area contributed by atoms with Crippen LogP contribution >= 0.6 is 0 Å². The van der Waals surface area contributed by atoms with E-state index in [0.717, 1.165) is 12.8 Å². The third-order valence-corrected chi connectivity index (χ3v) is 3.21. The van der Waals surface area contributed by atoms with E-state index < -0.39 is 4.92 Å². The van der Waals surface area contributed by atoms with Gasteiger partial charge in [-0.2, -0.15) is 0 Å². The Hall–Kier alpha value is -2.11. The first kappa shape index (κ1) is 11.0. The lowest BCUT2D eigenvalue weighted by Crippen LogP contribution is -2.38. The highest BCUT2D eigenvalue weighted by molar-refractivity contribution is 5.98. The normalized spacial score (nSPS) is 17.9. The van der Waals surface area contributed by atoms with Crippen molar-refractivity contribution in [1.82, 2.24) is 0 Å². The van der Waals surface area contributed by atoms with Gasteiger partial charge in [0.1, 0.15) is 12.4 Å². The van der Waals surface area contributed by atoms with Crippen LogP contribution in [0.3, 0.4) is 0 Å². The summed E-state index contributed by atoms with van der Waals surface area (Å²) < 4.78 is 5.42. The van der Waals surface area contributed by atoms with Crippen LogP contribution in [0.5, 0.6) is 5.75 Å². The van der Waals surface area contributed by atoms with Crippen molar-refractivity contribution in [3.63, 3.8) is 0 Å². The number of hydrogen-bond donors (Lipinski definition) is 0. The molecule has 1 heterocycles. The number of nitrogens with zero attached hydrogens (tertiary/aromatic N) is 2. The second-order valence-corrected chi connectivity index (χ2v) is 4.52. The molecule has 0 aromatic heterocycles. The monoisotopic (exact) mass is 248 g/mol. The molecule has 1 aliphatic heterocycles. The molecular formula is C12H12N2O4. The molecule has 0 N–H and O–H groups in total. The standard InChI is InChI=1S/C12H12N2O4/c15-12(8-1-2-8)13-5-6-18-11-4-3-9(14(16)17)7-10(11)13/h3-4,7-8H,1-2,5-6H2. The number of ether oxygens (including phenoxy) is 1. The molecule has 0 atom stereocenters. The zero-order valence-electron chi connectivity index (χ0n) is 9.67. The number of nitro groups is 1. The quantitative estimate of drug-likeness (QED) is 0.590. The van der Waals surface area contributed by atoms with Gasteiger partial charge in [0, 0.05) is 18.1 Å². The molecule has 0 bridgehead atoms. The number of amides is 1. The third kappa shape index (κ3) is 1.79. The van der Waals surface area contributed by atoms with Crippen LogP contribution in [-0.2, 0) is 4.79 Å². The van der Waals surface area contributed by atoms with Crippen molar-refractivity contribution >= 4 is 17.3 Å². The number of non-ortho nitro benzene ring substituents is 1. The van der Waals surface area contributed by atoms with Crippen molar-refractivity contribution in [3.05, 3.63) is 28.3 Å². The second-order valence-electron chi connectivity index (χ2n) is 4.52. The smallest absolute Gasteiger partial charge is 0.271 e. The molecule has 1 saturated carbocycles. The summed E-state index contributed by atoms with van der Waals surface area (Å²) in [4.78, 5) is 24.0. The first-order valence-electron chi connectivity index (χ1n) is 5.89. The zero-order valence-corrected chi connectivity index (χ0v) is 9.67. The van der Waals surface area contributed by atoms with Gasteiger partial charge in [-0.1, -0.05) is 0 Å². The molecule has 6 nitrogen and oxygen atoms in total. The number of hydrogen-bond acceptors (Lipinski definition) is 4. The van der Waals surface area contributed by atoms with Gasteiger partial charge in [0.25, 0.3) is 5.69 Å². The number of fused-ring (bicyclic) bond motifs is 1. The van der Waals surface area contributed by atoms with E-state index in [9.17, 15) is 14.9 Å². The summed E-state index contributed by atoms with van der Waals surface area (Å²) in [5.74, 6) is 0.691. The highest BCUT2D eigenvalue weighted by Crippen LogP contribution is 2.39. The van der Waals surface area contributed by atoms with E-state index in [4.69, 9.17) is 4.74 Å². The fourth-order valence-electron chi connectivity index (χ4n) is 2.10. The Morgan fingerprint density at radius 2 is 2.22 bits per heavy atom. The molecule has 1 aromatic rings. The molecule has 3 rings (SSSR count). The van der Waals surface area contributed by atoms with Crippen LogP contribution in [0.25, 0.3) is 0 Å². The Labute approximate surface area is 103 Å². The van der Waals surface area contributed by atoms with Gasteiger partial charge < -0.3 is 9.64 Å². The van der Waals surface area contributed by atoms with Crippen LogP contribution in [0.4, 0.5) is 11.4 Å². The number of carbonyl (C=O) groups is 1. The summed E-state index contributed by atoms with van der Waals surface area (Å²) in [6.07, 6.45) is 1.83. The number of carbonyl (C=O) groups excluding carboxylic acids is 1. The van der Waals surface area contributed by atoms with Crippen LogP contribution in [0.15, 0.2) is 18.2 Å². The maximum atomic E-state index is 12.1. The summed E-state index contributed by atoms with van der Waals surface area (Å²) in [5.41, 5.74) is 0.500. The summed E-state index contributed by atoms with van der Waals surface area (Å²) in [6, 6.07) is 4.36. The van der Waals surface area contributed by atoms with E-state index >= 15 is 0 Å².